The first-order valence-corrected chi connectivity index (χ1v) is 4.91. The molecular weight excluding hydrogens is 192 g/mol. The Morgan fingerprint density at radius 2 is 2.29 bits per heavy atom. The van der Waals surface area contributed by atoms with Gasteiger partial charge >= 0.3 is 0 Å². The number of aliphatic hydroxyl groups excluding tert-OH is 1. The Morgan fingerprint density at radius 3 is 2.86 bits per heavy atom. The van der Waals surface area contributed by atoms with Gasteiger partial charge in [0.25, 0.3) is 5.92 Å². The van der Waals surface area contributed by atoms with E-state index in [-0.39, 0.29) is 0 Å². The molecule has 1 unspecified atom stereocenters. The van der Waals surface area contributed by atoms with Crippen molar-refractivity contribution in [1.29, 1.82) is 0 Å². The van der Waals surface area contributed by atoms with Gasteiger partial charge in [-0.1, -0.05) is 0 Å². The molecule has 1 aliphatic rings. The lowest BCUT2D eigenvalue weighted by atomic mass is 10.0. The largest absolute Gasteiger partial charge is 0.390 e. The average Bonchev–Trinajstić information content (AvgIpc) is 2.19. The highest BCUT2D eigenvalue weighted by Gasteiger charge is 2.27. The van der Waals surface area contributed by atoms with E-state index < -0.39 is 19.1 Å². The summed E-state index contributed by atoms with van der Waals surface area (Å²) in [6, 6.07) is 0. The number of nitrogens with one attached hydrogen (secondary N) is 1. The third-order valence-electron chi connectivity index (χ3n) is 2.30. The van der Waals surface area contributed by atoms with E-state index in [1.807, 2.05) is 0 Å². The molecule has 0 bridgehead atoms. The monoisotopic (exact) mass is 209 g/mol. The molecule has 0 saturated carbocycles. The lowest BCUT2D eigenvalue weighted by Crippen LogP contribution is -2.39. The fourth-order valence-corrected chi connectivity index (χ4v) is 1.48. The van der Waals surface area contributed by atoms with E-state index in [9.17, 15) is 8.78 Å². The summed E-state index contributed by atoms with van der Waals surface area (Å²) >= 11 is 0. The Bertz CT molecular complexity index is 161. The number of aliphatic hydroxyl groups is 1. The molecule has 1 heterocycles. The lowest BCUT2D eigenvalue weighted by molar-refractivity contribution is -0.0491. The fraction of sp³-hybridized carbons (Fsp3) is 1.00. The molecule has 1 saturated heterocycles. The van der Waals surface area contributed by atoms with Crippen LogP contribution in [0.5, 0.6) is 0 Å². The predicted octanol–water partition coefficient (Wildman–Crippen LogP) is 0.630. The molecule has 0 aliphatic carbocycles. The number of rotatable bonds is 5. The van der Waals surface area contributed by atoms with Crippen LogP contribution >= 0.6 is 0 Å². The molecule has 1 aliphatic heterocycles. The molecule has 2 N–H and O–H groups in total. The Kier molecular flexibility index (Phi) is 4.71. The fourth-order valence-electron chi connectivity index (χ4n) is 1.48. The lowest BCUT2D eigenvalue weighted by Gasteiger charge is -2.23. The van der Waals surface area contributed by atoms with Crippen LogP contribution in [0.2, 0.25) is 0 Å². The Hall–Kier alpha value is -0.260. The molecule has 0 aromatic heterocycles. The maximum Gasteiger partial charge on any atom is 0.282 e. The molecule has 5 heteroatoms. The number of alkyl halides is 2. The van der Waals surface area contributed by atoms with Crippen molar-refractivity contribution < 1.29 is 18.6 Å². The van der Waals surface area contributed by atoms with E-state index >= 15 is 0 Å². The molecule has 1 fully saturated rings. The zero-order valence-corrected chi connectivity index (χ0v) is 8.14. The van der Waals surface area contributed by atoms with E-state index in [4.69, 9.17) is 9.84 Å². The normalized spacial score (nSPS) is 23.8. The topological polar surface area (TPSA) is 41.5 Å². The highest BCUT2D eigenvalue weighted by atomic mass is 19.3. The van der Waals surface area contributed by atoms with E-state index in [1.165, 1.54) is 0 Å². The van der Waals surface area contributed by atoms with Gasteiger partial charge in [-0.3, -0.25) is 0 Å². The Morgan fingerprint density at radius 1 is 1.50 bits per heavy atom. The van der Waals surface area contributed by atoms with Crippen molar-refractivity contribution in [3.63, 3.8) is 0 Å². The van der Waals surface area contributed by atoms with Crippen LogP contribution in [-0.2, 0) is 4.74 Å². The molecule has 0 aromatic rings. The minimum atomic E-state index is -3.00. The summed E-state index contributed by atoms with van der Waals surface area (Å²) < 4.78 is 30.3. The second-order valence-electron chi connectivity index (χ2n) is 3.73. The maximum absolute atomic E-state index is 12.6. The van der Waals surface area contributed by atoms with E-state index in [2.05, 4.69) is 5.32 Å². The minimum absolute atomic E-state index is 0.332. The quantitative estimate of drug-likeness (QED) is 0.698. The van der Waals surface area contributed by atoms with E-state index in [0.29, 0.717) is 19.1 Å². The second-order valence-corrected chi connectivity index (χ2v) is 3.73. The molecule has 0 aromatic carbocycles. The first-order chi connectivity index (χ1) is 6.64. The number of hydrogen-bond acceptors (Lipinski definition) is 3. The number of ether oxygens (including phenoxy) is 1. The van der Waals surface area contributed by atoms with Gasteiger partial charge < -0.3 is 15.2 Å². The second kappa shape index (κ2) is 5.58. The molecule has 0 radical (unpaired) electrons. The van der Waals surface area contributed by atoms with Gasteiger partial charge in [-0.2, -0.15) is 0 Å². The van der Waals surface area contributed by atoms with Gasteiger partial charge in [-0.15, -0.1) is 0 Å². The van der Waals surface area contributed by atoms with Crippen LogP contribution in [0, 0.1) is 5.92 Å². The molecule has 1 atom stereocenters. The van der Waals surface area contributed by atoms with Crippen molar-refractivity contribution in [1.82, 2.24) is 5.32 Å². The first-order valence-electron chi connectivity index (χ1n) is 4.91. The molecule has 1 rings (SSSR count). The zero-order valence-electron chi connectivity index (χ0n) is 8.14. The highest BCUT2D eigenvalue weighted by Crippen LogP contribution is 2.14. The van der Waals surface area contributed by atoms with Crippen LogP contribution in [-0.4, -0.2) is 43.9 Å². The van der Waals surface area contributed by atoms with Crippen molar-refractivity contribution >= 4 is 0 Å². The summed E-state index contributed by atoms with van der Waals surface area (Å²) in [5.74, 6) is -2.67. The molecule has 14 heavy (non-hydrogen) atoms. The molecule has 84 valence electrons. The van der Waals surface area contributed by atoms with Crippen LogP contribution in [0.3, 0.4) is 0 Å². The van der Waals surface area contributed by atoms with Crippen LogP contribution in [0.1, 0.15) is 12.8 Å². The summed E-state index contributed by atoms with van der Waals surface area (Å²) in [7, 11) is 0. The zero-order chi connectivity index (χ0) is 10.4. The van der Waals surface area contributed by atoms with Gasteiger partial charge in [-0.25, -0.2) is 8.78 Å². The maximum atomic E-state index is 12.6. The third-order valence-corrected chi connectivity index (χ3v) is 2.30. The van der Waals surface area contributed by atoms with Crippen LogP contribution in [0.4, 0.5) is 8.78 Å². The number of hydrogen-bond donors (Lipinski definition) is 2. The minimum Gasteiger partial charge on any atom is -0.390 e. The Balaban J connectivity index is 2.08. The predicted molar refractivity (Wildman–Crippen MR) is 48.4 cm³/mol. The average molecular weight is 209 g/mol. The molecule has 0 spiro atoms. The molecule has 0 amide bonds. The SMILES string of the molecule is OCC(F)(F)CNCC1CCCOC1. The summed E-state index contributed by atoms with van der Waals surface area (Å²) in [6.45, 7) is 0.414. The van der Waals surface area contributed by atoms with E-state index in [0.717, 1.165) is 19.4 Å². The summed E-state index contributed by atoms with van der Waals surface area (Å²) in [4.78, 5) is 0. The van der Waals surface area contributed by atoms with Crippen molar-refractivity contribution in [2.45, 2.75) is 18.8 Å². The van der Waals surface area contributed by atoms with Crippen molar-refractivity contribution in [2.24, 2.45) is 5.92 Å². The highest BCUT2D eigenvalue weighted by molar-refractivity contribution is 4.71. The number of halogens is 2. The standard InChI is InChI=1S/C9H17F2NO2/c10-9(11,7-13)6-12-4-8-2-1-3-14-5-8/h8,12-13H,1-7H2. The summed E-state index contributed by atoms with van der Waals surface area (Å²) in [5.41, 5.74) is 0. The smallest absolute Gasteiger partial charge is 0.282 e. The van der Waals surface area contributed by atoms with Gasteiger partial charge in [0.15, 0.2) is 0 Å². The van der Waals surface area contributed by atoms with Crippen molar-refractivity contribution in [3.8, 4) is 0 Å². The van der Waals surface area contributed by atoms with Gasteiger partial charge in [0, 0.05) is 13.2 Å². The third kappa shape index (κ3) is 4.30. The van der Waals surface area contributed by atoms with Gasteiger partial charge in [0.2, 0.25) is 0 Å². The van der Waals surface area contributed by atoms with Crippen LogP contribution in [0.25, 0.3) is 0 Å². The molecular formula is C9H17F2NO2. The van der Waals surface area contributed by atoms with Gasteiger partial charge in [0.05, 0.1) is 13.2 Å². The van der Waals surface area contributed by atoms with Crippen molar-refractivity contribution in [3.05, 3.63) is 0 Å². The first kappa shape index (κ1) is 11.8. The van der Waals surface area contributed by atoms with Crippen LogP contribution < -0.4 is 5.32 Å². The summed E-state index contributed by atoms with van der Waals surface area (Å²) in [5, 5.41) is 11.0. The van der Waals surface area contributed by atoms with Gasteiger partial charge in [-0.05, 0) is 18.8 Å². The Labute approximate surface area is 82.4 Å². The van der Waals surface area contributed by atoms with Crippen LogP contribution in [0.15, 0.2) is 0 Å². The molecule has 3 nitrogen and oxygen atoms in total. The van der Waals surface area contributed by atoms with Gasteiger partial charge in [0.1, 0.15) is 6.61 Å². The van der Waals surface area contributed by atoms with E-state index in [1.54, 1.807) is 0 Å². The summed E-state index contributed by atoms with van der Waals surface area (Å²) in [6.07, 6.45) is 2.03. The van der Waals surface area contributed by atoms with Crippen molar-refractivity contribution in [2.75, 3.05) is 32.9 Å².